The molecule has 3 rings (SSSR count). The second-order valence-electron chi connectivity index (χ2n) is 8.95. The van der Waals surface area contributed by atoms with Crippen molar-refractivity contribution in [1.29, 1.82) is 0 Å². The predicted molar refractivity (Wildman–Crippen MR) is 139 cm³/mol. The van der Waals surface area contributed by atoms with Crippen LogP contribution < -0.4 is 5.32 Å². The van der Waals surface area contributed by atoms with E-state index in [9.17, 15) is 14.9 Å². The van der Waals surface area contributed by atoms with Gasteiger partial charge in [-0.15, -0.1) is 0 Å². The van der Waals surface area contributed by atoms with Gasteiger partial charge in [-0.05, 0) is 82.6 Å². The van der Waals surface area contributed by atoms with Crippen LogP contribution in [0.4, 0.5) is 5.69 Å². The van der Waals surface area contributed by atoms with Crippen LogP contribution in [0, 0.1) is 24.0 Å². The van der Waals surface area contributed by atoms with Crippen molar-refractivity contribution in [3.05, 3.63) is 75.5 Å². The number of aromatic nitrogens is 2. The fraction of sp³-hybridized carbons (Fsp3) is 0.407. The molecule has 0 fully saturated rings. The van der Waals surface area contributed by atoms with Crippen LogP contribution in [0.1, 0.15) is 55.2 Å². The van der Waals surface area contributed by atoms with E-state index in [1.54, 1.807) is 18.2 Å². The third-order valence-electron chi connectivity index (χ3n) is 6.41. The maximum Gasteiger partial charge on any atom is 0.271 e. The Morgan fingerprint density at radius 1 is 1.11 bits per heavy atom. The molecule has 0 aliphatic heterocycles. The van der Waals surface area contributed by atoms with E-state index in [-0.39, 0.29) is 17.6 Å². The van der Waals surface area contributed by atoms with Gasteiger partial charge in [0, 0.05) is 23.7 Å². The van der Waals surface area contributed by atoms with Crippen LogP contribution in [-0.2, 0) is 0 Å². The molecule has 35 heavy (non-hydrogen) atoms. The molecule has 1 heterocycles. The highest BCUT2D eigenvalue weighted by atomic mass is 16.6. The lowest BCUT2D eigenvalue weighted by Crippen LogP contribution is -2.34. The maximum atomic E-state index is 13.3. The molecular formula is C27H35N5O3. The molecule has 1 aromatic heterocycles. The van der Waals surface area contributed by atoms with Crippen LogP contribution in [0.25, 0.3) is 16.9 Å². The number of aryl methyl sites for hydroxylation is 2. The number of nitro groups is 1. The number of benzene rings is 2. The van der Waals surface area contributed by atoms with E-state index >= 15 is 0 Å². The summed E-state index contributed by atoms with van der Waals surface area (Å²) in [5.41, 5.74) is 4.57. The summed E-state index contributed by atoms with van der Waals surface area (Å²) in [5.74, 6) is -0.255. The van der Waals surface area contributed by atoms with Crippen molar-refractivity contribution >= 4 is 11.6 Å². The van der Waals surface area contributed by atoms with Crippen molar-refractivity contribution in [2.45, 2.75) is 53.5 Å². The van der Waals surface area contributed by atoms with Gasteiger partial charge in [0.25, 0.3) is 11.6 Å². The van der Waals surface area contributed by atoms with Crippen molar-refractivity contribution in [1.82, 2.24) is 20.0 Å². The fourth-order valence-corrected chi connectivity index (χ4v) is 4.05. The van der Waals surface area contributed by atoms with Crippen LogP contribution in [0.3, 0.4) is 0 Å². The number of hydrogen-bond donors (Lipinski definition) is 1. The molecule has 0 bridgehead atoms. The molecule has 8 heteroatoms. The lowest BCUT2D eigenvalue weighted by atomic mass is 10.0. The van der Waals surface area contributed by atoms with Gasteiger partial charge in [-0.3, -0.25) is 14.9 Å². The molecule has 1 amide bonds. The highest BCUT2D eigenvalue weighted by molar-refractivity contribution is 5.94. The Labute approximate surface area is 207 Å². The molecular weight excluding hydrogens is 442 g/mol. The molecule has 0 saturated carbocycles. The average Bonchev–Trinajstić information content (AvgIpc) is 3.29. The van der Waals surface area contributed by atoms with Gasteiger partial charge in [0.05, 0.1) is 16.3 Å². The van der Waals surface area contributed by atoms with Gasteiger partial charge in [0.15, 0.2) is 0 Å². The summed E-state index contributed by atoms with van der Waals surface area (Å²) >= 11 is 0. The van der Waals surface area contributed by atoms with E-state index in [0.717, 1.165) is 43.6 Å². The minimum atomic E-state index is -0.449. The number of hydrogen-bond acceptors (Lipinski definition) is 5. The lowest BCUT2D eigenvalue weighted by molar-refractivity contribution is -0.384. The lowest BCUT2D eigenvalue weighted by Gasteiger charge is -2.20. The summed E-state index contributed by atoms with van der Waals surface area (Å²) in [6.45, 7) is 13.4. The summed E-state index contributed by atoms with van der Waals surface area (Å²) in [4.78, 5) is 26.6. The minimum Gasteiger partial charge on any atom is -0.348 e. The molecule has 1 atom stereocenters. The third kappa shape index (κ3) is 6.54. The van der Waals surface area contributed by atoms with Gasteiger partial charge < -0.3 is 10.2 Å². The maximum absolute atomic E-state index is 13.3. The Balaban J connectivity index is 1.90. The fourth-order valence-electron chi connectivity index (χ4n) is 4.05. The summed E-state index contributed by atoms with van der Waals surface area (Å²) in [6.07, 6.45) is 1.85. The largest absolute Gasteiger partial charge is 0.348 e. The molecule has 0 aliphatic carbocycles. The number of non-ortho nitro benzene ring substituents is 1. The summed E-state index contributed by atoms with van der Waals surface area (Å²) in [5, 5.41) is 19.1. The van der Waals surface area contributed by atoms with Crippen LogP contribution in [0.2, 0.25) is 0 Å². The van der Waals surface area contributed by atoms with E-state index in [2.05, 4.69) is 29.2 Å². The third-order valence-corrected chi connectivity index (χ3v) is 6.41. The first kappa shape index (κ1) is 26.1. The van der Waals surface area contributed by atoms with Gasteiger partial charge in [-0.25, -0.2) is 4.68 Å². The van der Waals surface area contributed by atoms with E-state index in [1.807, 2.05) is 39.0 Å². The van der Waals surface area contributed by atoms with Gasteiger partial charge in [-0.2, -0.15) is 5.10 Å². The monoisotopic (exact) mass is 477 g/mol. The molecule has 0 aliphatic rings. The Hall–Kier alpha value is -3.52. The van der Waals surface area contributed by atoms with Crippen molar-refractivity contribution in [2.75, 3.05) is 19.6 Å². The first-order valence-corrected chi connectivity index (χ1v) is 12.2. The number of carbonyl (C=O) groups is 1. The van der Waals surface area contributed by atoms with E-state index in [0.29, 0.717) is 17.1 Å². The normalized spacial score (nSPS) is 12.1. The minimum absolute atomic E-state index is 0.0170. The predicted octanol–water partition coefficient (Wildman–Crippen LogP) is 5.30. The summed E-state index contributed by atoms with van der Waals surface area (Å²) < 4.78 is 1.50. The SMILES string of the molecule is CCN(CC)CCCC(C)NC(=O)c1cc(-c2ccc(C)c(C)c2)nn1-c1cccc([N+](=O)[O-])c1. The van der Waals surface area contributed by atoms with Gasteiger partial charge >= 0.3 is 0 Å². The number of nitro benzene ring substituents is 1. The zero-order chi connectivity index (χ0) is 25.5. The zero-order valence-corrected chi connectivity index (χ0v) is 21.2. The van der Waals surface area contributed by atoms with Crippen LogP contribution in [0.15, 0.2) is 48.5 Å². The van der Waals surface area contributed by atoms with E-state index < -0.39 is 4.92 Å². The zero-order valence-electron chi connectivity index (χ0n) is 21.2. The van der Waals surface area contributed by atoms with E-state index in [4.69, 9.17) is 0 Å². The molecule has 2 aromatic carbocycles. The first-order chi connectivity index (χ1) is 16.7. The molecule has 8 nitrogen and oxygen atoms in total. The molecule has 0 saturated heterocycles. The Kier molecular flexibility index (Phi) is 8.76. The highest BCUT2D eigenvalue weighted by Crippen LogP contribution is 2.25. The van der Waals surface area contributed by atoms with Crippen LogP contribution >= 0.6 is 0 Å². The molecule has 186 valence electrons. The quantitative estimate of drug-likeness (QED) is 0.299. The summed E-state index contributed by atoms with van der Waals surface area (Å²) in [6, 6.07) is 13.9. The summed E-state index contributed by atoms with van der Waals surface area (Å²) in [7, 11) is 0. The topological polar surface area (TPSA) is 93.3 Å². The van der Waals surface area contributed by atoms with E-state index in [1.165, 1.54) is 22.4 Å². The average molecular weight is 478 g/mol. The highest BCUT2D eigenvalue weighted by Gasteiger charge is 2.20. The molecule has 3 aromatic rings. The number of nitrogens with zero attached hydrogens (tertiary/aromatic N) is 4. The molecule has 0 spiro atoms. The second kappa shape index (κ2) is 11.8. The Bertz CT molecular complexity index is 1180. The van der Waals surface area contributed by atoms with Crippen molar-refractivity contribution in [3.8, 4) is 16.9 Å². The Morgan fingerprint density at radius 2 is 1.86 bits per heavy atom. The molecule has 0 radical (unpaired) electrons. The second-order valence-corrected chi connectivity index (χ2v) is 8.95. The van der Waals surface area contributed by atoms with Gasteiger partial charge in [0.2, 0.25) is 0 Å². The first-order valence-electron chi connectivity index (χ1n) is 12.2. The number of carbonyl (C=O) groups excluding carboxylic acids is 1. The van der Waals surface area contributed by atoms with Crippen molar-refractivity contribution in [3.63, 3.8) is 0 Å². The number of nitrogens with one attached hydrogen (secondary N) is 1. The smallest absolute Gasteiger partial charge is 0.271 e. The molecule has 1 unspecified atom stereocenters. The van der Waals surface area contributed by atoms with Gasteiger partial charge in [0.1, 0.15) is 5.69 Å². The van der Waals surface area contributed by atoms with Gasteiger partial charge in [-0.1, -0.05) is 32.0 Å². The van der Waals surface area contributed by atoms with Crippen molar-refractivity contribution < 1.29 is 9.72 Å². The standard InChI is InChI=1S/C27H35N5O3/c1-6-30(7-2)15-9-10-21(5)28-27(33)26-18-25(22-14-13-19(3)20(4)16-22)29-31(26)23-11-8-12-24(17-23)32(34)35/h8,11-14,16-18,21H,6-7,9-10,15H2,1-5H3,(H,28,33). The number of rotatable bonds is 11. The molecule has 1 N–H and O–H groups in total. The Morgan fingerprint density at radius 3 is 2.51 bits per heavy atom. The van der Waals surface area contributed by atoms with Crippen LogP contribution in [0.5, 0.6) is 0 Å². The number of amides is 1. The van der Waals surface area contributed by atoms with Crippen molar-refractivity contribution in [2.24, 2.45) is 0 Å². The van der Waals surface area contributed by atoms with Crippen LogP contribution in [-0.4, -0.2) is 51.2 Å².